The average Bonchev–Trinajstić information content (AvgIpc) is 2.69. The molecule has 1 heterocycles. The summed E-state index contributed by atoms with van der Waals surface area (Å²) in [5.74, 6) is 2.09. The smallest absolute Gasteiger partial charge is 0.124 e. The van der Waals surface area contributed by atoms with Crippen molar-refractivity contribution >= 4 is 38.6 Å². The van der Waals surface area contributed by atoms with Gasteiger partial charge in [-0.05, 0) is 34.9 Å². The fourth-order valence-corrected chi connectivity index (χ4v) is 3.98. The number of rotatable bonds is 3. The largest absolute Gasteiger partial charge is 0.327 e. The summed E-state index contributed by atoms with van der Waals surface area (Å²) in [7, 11) is 0. The number of aromatic nitrogens is 2. The van der Waals surface area contributed by atoms with E-state index in [0.29, 0.717) is 22.6 Å². The molecule has 20 heavy (non-hydrogen) atoms. The molecule has 1 aliphatic rings. The summed E-state index contributed by atoms with van der Waals surface area (Å²) in [5.41, 5.74) is 2.95. The van der Waals surface area contributed by atoms with E-state index in [1.165, 1.54) is 5.52 Å². The number of alkyl halides is 1. The van der Waals surface area contributed by atoms with Crippen LogP contribution in [0, 0.1) is 16.7 Å². The van der Waals surface area contributed by atoms with Crippen molar-refractivity contribution in [1.82, 2.24) is 9.55 Å². The van der Waals surface area contributed by atoms with Crippen LogP contribution in [0.15, 0.2) is 22.7 Å². The highest BCUT2D eigenvalue weighted by Gasteiger charge is 2.64. The number of benzene rings is 1. The van der Waals surface area contributed by atoms with Crippen molar-refractivity contribution in [3.05, 3.63) is 28.5 Å². The van der Waals surface area contributed by atoms with Crippen molar-refractivity contribution in [3.8, 4) is 0 Å². The second kappa shape index (κ2) is 4.48. The Balaban J connectivity index is 2.05. The third-order valence-electron chi connectivity index (χ3n) is 5.59. The lowest BCUT2D eigenvalue weighted by atomic mass is 10.0. The van der Waals surface area contributed by atoms with Crippen LogP contribution in [0.2, 0.25) is 0 Å². The van der Waals surface area contributed by atoms with Gasteiger partial charge in [-0.15, -0.1) is 11.6 Å². The van der Waals surface area contributed by atoms with E-state index < -0.39 is 0 Å². The van der Waals surface area contributed by atoms with Crippen molar-refractivity contribution in [3.63, 3.8) is 0 Å². The molecule has 4 heteroatoms. The molecule has 2 aromatic rings. The molecule has 0 atom stereocenters. The molecule has 0 radical (unpaired) electrons. The van der Waals surface area contributed by atoms with Crippen LogP contribution in [-0.4, -0.2) is 9.55 Å². The number of nitrogens with zero attached hydrogens (tertiary/aromatic N) is 2. The molecule has 0 N–H and O–H groups in total. The van der Waals surface area contributed by atoms with Crippen LogP contribution in [0.5, 0.6) is 0 Å². The Morgan fingerprint density at radius 3 is 2.45 bits per heavy atom. The molecular weight excluding hydrogens is 336 g/mol. The van der Waals surface area contributed by atoms with Crippen LogP contribution < -0.4 is 0 Å². The molecule has 1 aromatic heterocycles. The minimum absolute atomic E-state index is 0.374. The highest BCUT2D eigenvalue weighted by molar-refractivity contribution is 9.10. The molecule has 0 unspecified atom stereocenters. The van der Waals surface area contributed by atoms with Gasteiger partial charge in [0.2, 0.25) is 0 Å². The van der Waals surface area contributed by atoms with Gasteiger partial charge in [-0.3, -0.25) is 0 Å². The molecule has 2 nitrogen and oxygen atoms in total. The first-order valence-electron chi connectivity index (χ1n) is 6.99. The first-order chi connectivity index (χ1) is 9.29. The molecule has 0 amide bonds. The van der Waals surface area contributed by atoms with E-state index in [9.17, 15) is 0 Å². The predicted octanol–water partition coefficient (Wildman–Crippen LogP) is 5.22. The van der Waals surface area contributed by atoms with Crippen LogP contribution in [0.4, 0.5) is 0 Å². The number of hydrogen-bond donors (Lipinski definition) is 0. The summed E-state index contributed by atoms with van der Waals surface area (Å²) in [5, 5.41) is 0. The highest BCUT2D eigenvalue weighted by Crippen LogP contribution is 2.69. The van der Waals surface area contributed by atoms with E-state index in [1.54, 1.807) is 0 Å². The zero-order chi connectivity index (χ0) is 14.7. The van der Waals surface area contributed by atoms with E-state index >= 15 is 0 Å². The van der Waals surface area contributed by atoms with Crippen molar-refractivity contribution in [2.45, 2.75) is 40.1 Å². The van der Waals surface area contributed by atoms with Gasteiger partial charge >= 0.3 is 0 Å². The first kappa shape index (κ1) is 14.4. The summed E-state index contributed by atoms with van der Waals surface area (Å²) in [6.07, 6.45) is 0. The van der Waals surface area contributed by atoms with E-state index in [0.717, 1.165) is 22.4 Å². The summed E-state index contributed by atoms with van der Waals surface area (Å²) in [6.45, 7) is 10.4. The third-order valence-corrected chi connectivity index (χ3v) is 6.33. The maximum atomic E-state index is 6.09. The molecule has 0 spiro atoms. The SMILES string of the molecule is CC1(C)C(Cn2c(CCl)nc3ccc(Br)cc32)C1(C)C. The summed E-state index contributed by atoms with van der Waals surface area (Å²) in [4.78, 5) is 4.66. The van der Waals surface area contributed by atoms with Gasteiger partial charge < -0.3 is 4.57 Å². The van der Waals surface area contributed by atoms with Gasteiger partial charge in [0.15, 0.2) is 0 Å². The van der Waals surface area contributed by atoms with Crippen LogP contribution in [0.1, 0.15) is 33.5 Å². The summed E-state index contributed by atoms with van der Waals surface area (Å²) in [6, 6.07) is 6.22. The van der Waals surface area contributed by atoms with Gasteiger partial charge in [0.25, 0.3) is 0 Å². The van der Waals surface area contributed by atoms with Crippen LogP contribution in [0.3, 0.4) is 0 Å². The van der Waals surface area contributed by atoms with Gasteiger partial charge in [-0.25, -0.2) is 4.98 Å². The van der Waals surface area contributed by atoms with Gasteiger partial charge in [-0.2, -0.15) is 0 Å². The zero-order valence-electron chi connectivity index (χ0n) is 12.4. The van der Waals surface area contributed by atoms with E-state index in [2.05, 4.69) is 65.3 Å². The average molecular weight is 356 g/mol. The second-order valence-electron chi connectivity index (χ2n) is 6.90. The molecule has 1 aliphatic carbocycles. The van der Waals surface area contributed by atoms with Crippen molar-refractivity contribution < 1.29 is 0 Å². The molecular formula is C16H20BrClN2. The normalized spacial score (nSPS) is 20.5. The van der Waals surface area contributed by atoms with Crippen molar-refractivity contribution in [1.29, 1.82) is 0 Å². The predicted molar refractivity (Wildman–Crippen MR) is 88.0 cm³/mol. The number of fused-ring (bicyclic) bond motifs is 1. The topological polar surface area (TPSA) is 17.8 Å². The molecule has 0 saturated heterocycles. The van der Waals surface area contributed by atoms with Crippen molar-refractivity contribution in [2.75, 3.05) is 0 Å². The minimum Gasteiger partial charge on any atom is -0.327 e. The Hall–Kier alpha value is -0.540. The lowest BCUT2D eigenvalue weighted by Crippen LogP contribution is -2.07. The van der Waals surface area contributed by atoms with E-state index in [-0.39, 0.29) is 0 Å². The van der Waals surface area contributed by atoms with Crippen molar-refractivity contribution in [2.24, 2.45) is 16.7 Å². The maximum Gasteiger partial charge on any atom is 0.124 e. The van der Waals surface area contributed by atoms with Gasteiger partial charge in [0.1, 0.15) is 5.82 Å². The number of hydrogen-bond acceptors (Lipinski definition) is 1. The molecule has 1 fully saturated rings. The molecule has 0 aliphatic heterocycles. The van der Waals surface area contributed by atoms with Gasteiger partial charge in [-0.1, -0.05) is 43.6 Å². The zero-order valence-corrected chi connectivity index (χ0v) is 14.7. The standard InChI is InChI=1S/C16H20BrClN2/c1-15(2)13(16(15,3)4)9-20-12-7-10(17)5-6-11(12)19-14(20)8-18/h5-7,13H,8-9H2,1-4H3. The highest BCUT2D eigenvalue weighted by atomic mass is 79.9. The molecule has 3 rings (SSSR count). The van der Waals surface area contributed by atoms with Crippen LogP contribution in [0.25, 0.3) is 11.0 Å². The van der Waals surface area contributed by atoms with Gasteiger partial charge in [0, 0.05) is 11.0 Å². The van der Waals surface area contributed by atoms with Gasteiger partial charge in [0.05, 0.1) is 16.9 Å². The number of imidazole rings is 1. The quantitative estimate of drug-likeness (QED) is 0.690. The molecule has 1 aromatic carbocycles. The van der Waals surface area contributed by atoms with Crippen LogP contribution >= 0.6 is 27.5 Å². The Labute approximate surface area is 133 Å². The lowest BCUT2D eigenvalue weighted by Gasteiger charge is -2.09. The molecule has 1 saturated carbocycles. The van der Waals surface area contributed by atoms with E-state index in [1.807, 2.05) is 6.07 Å². The molecule has 0 bridgehead atoms. The minimum atomic E-state index is 0.374. The monoisotopic (exact) mass is 354 g/mol. The Bertz CT molecular complexity index is 658. The fraction of sp³-hybridized carbons (Fsp3) is 0.562. The first-order valence-corrected chi connectivity index (χ1v) is 8.32. The van der Waals surface area contributed by atoms with Crippen LogP contribution in [-0.2, 0) is 12.4 Å². The lowest BCUT2D eigenvalue weighted by molar-refractivity contribution is 0.457. The summed E-state index contributed by atoms with van der Waals surface area (Å²) < 4.78 is 3.38. The maximum absolute atomic E-state index is 6.09. The number of halogens is 2. The Kier molecular flexibility index (Phi) is 3.22. The second-order valence-corrected chi connectivity index (χ2v) is 8.08. The Morgan fingerprint density at radius 1 is 1.25 bits per heavy atom. The summed E-state index contributed by atoms with van der Waals surface area (Å²) >= 11 is 9.64. The third kappa shape index (κ3) is 1.93. The molecule has 108 valence electrons. The van der Waals surface area contributed by atoms with E-state index in [4.69, 9.17) is 11.6 Å². The Morgan fingerprint density at radius 2 is 1.90 bits per heavy atom. The fourth-order valence-electron chi connectivity index (χ4n) is 3.42.